The second kappa shape index (κ2) is 12.6. The SMILES string of the molecule is Cc1nc([C@@H]2OC(CO)[C@H](O)[C@H](n3cc(-c4cc(F)c(F)c(F)c4)c(-c4ccccc4C)n3)C2O)n(-c2cc(Cl)ccc2C(F)(F)F)n1. The molecule has 3 N–H and O–H groups in total. The topological polar surface area (TPSA) is 118 Å². The lowest BCUT2D eigenvalue weighted by Crippen LogP contribution is -2.53. The molecular weight excluding hydrogens is 668 g/mol. The zero-order valence-corrected chi connectivity index (χ0v) is 25.8. The number of alkyl halides is 3. The zero-order chi connectivity index (χ0) is 34.7. The van der Waals surface area contributed by atoms with Gasteiger partial charge in [-0.05, 0) is 55.3 Å². The number of benzene rings is 3. The smallest absolute Gasteiger partial charge is 0.394 e. The quantitative estimate of drug-likeness (QED) is 0.150. The molecule has 1 fully saturated rings. The van der Waals surface area contributed by atoms with E-state index in [2.05, 4.69) is 15.2 Å². The Morgan fingerprint density at radius 1 is 0.917 bits per heavy atom. The third-order valence-corrected chi connectivity index (χ3v) is 8.35. The second-order valence-corrected chi connectivity index (χ2v) is 11.7. The van der Waals surface area contributed by atoms with Crippen LogP contribution >= 0.6 is 11.6 Å². The van der Waals surface area contributed by atoms with Crippen LogP contribution in [0.3, 0.4) is 0 Å². The van der Waals surface area contributed by atoms with Crippen LogP contribution in [0.5, 0.6) is 0 Å². The Hall–Kier alpha value is -4.28. The van der Waals surface area contributed by atoms with E-state index in [0.717, 1.165) is 39.7 Å². The first-order valence-electron chi connectivity index (χ1n) is 14.4. The number of hydrogen-bond donors (Lipinski definition) is 3. The number of rotatable bonds is 6. The Kier molecular flexibility index (Phi) is 8.85. The first kappa shape index (κ1) is 33.6. The number of aryl methyl sites for hydroxylation is 2. The van der Waals surface area contributed by atoms with Gasteiger partial charge in [0.2, 0.25) is 0 Å². The molecule has 2 aromatic heterocycles. The molecule has 5 atom stereocenters. The standard InChI is InChI=1S/C32H26ClF6N5O4/c1-14-5-3-4-6-18(14)26-19(16-9-21(34)25(36)22(35)10-16)12-43(42-26)27-28(46)24(13-45)48-30(29(27)47)31-40-15(2)41-44(31)23-11-17(33)7-8-20(23)32(37,38)39/h3-12,24,27-30,45-47H,13H2,1-2H3/t24?,27-,28-,29?,30+/m0/s1. The molecule has 0 bridgehead atoms. The predicted octanol–water partition coefficient (Wildman–Crippen LogP) is 5.90. The van der Waals surface area contributed by atoms with Crippen LogP contribution in [0.25, 0.3) is 28.1 Å². The third kappa shape index (κ3) is 5.96. The summed E-state index contributed by atoms with van der Waals surface area (Å²) < 4.78 is 92.7. The van der Waals surface area contributed by atoms with Crippen LogP contribution in [0.15, 0.2) is 60.8 Å². The lowest BCUT2D eigenvalue weighted by molar-refractivity contribution is -0.210. The minimum absolute atomic E-state index is 0.000646. The molecule has 252 valence electrons. The van der Waals surface area contributed by atoms with Gasteiger partial charge in [-0.25, -0.2) is 22.8 Å². The van der Waals surface area contributed by atoms with Gasteiger partial charge in [0.05, 0.1) is 17.9 Å². The van der Waals surface area contributed by atoms with Gasteiger partial charge < -0.3 is 20.1 Å². The molecule has 3 heterocycles. The number of hydrogen-bond acceptors (Lipinski definition) is 7. The van der Waals surface area contributed by atoms with Gasteiger partial charge in [0.15, 0.2) is 23.3 Å². The van der Waals surface area contributed by atoms with E-state index in [4.69, 9.17) is 16.3 Å². The monoisotopic (exact) mass is 693 g/mol. The number of ether oxygens (including phenoxy) is 1. The van der Waals surface area contributed by atoms with Crippen LogP contribution < -0.4 is 0 Å². The first-order valence-corrected chi connectivity index (χ1v) is 14.8. The molecule has 1 aliphatic rings. The van der Waals surface area contributed by atoms with Gasteiger partial charge >= 0.3 is 6.18 Å². The van der Waals surface area contributed by atoms with Crippen LogP contribution in [0.4, 0.5) is 26.3 Å². The normalized spacial score (nSPS) is 21.5. The van der Waals surface area contributed by atoms with Gasteiger partial charge in [0, 0.05) is 22.3 Å². The molecule has 16 heteroatoms. The fourth-order valence-electron chi connectivity index (χ4n) is 5.84. The van der Waals surface area contributed by atoms with Crippen molar-refractivity contribution >= 4 is 11.6 Å². The predicted molar refractivity (Wildman–Crippen MR) is 160 cm³/mol. The highest BCUT2D eigenvalue weighted by molar-refractivity contribution is 6.30. The van der Waals surface area contributed by atoms with Gasteiger partial charge in [-0.15, -0.1) is 0 Å². The molecule has 0 radical (unpaired) electrons. The van der Waals surface area contributed by atoms with Crippen molar-refractivity contribution < 1.29 is 46.4 Å². The van der Waals surface area contributed by atoms with E-state index >= 15 is 0 Å². The van der Waals surface area contributed by atoms with Crippen molar-refractivity contribution in [1.29, 1.82) is 0 Å². The molecule has 9 nitrogen and oxygen atoms in total. The summed E-state index contributed by atoms with van der Waals surface area (Å²) in [5, 5.41) is 41.9. The summed E-state index contributed by atoms with van der Waals surface area (Å²) in [5.74, 6) is -4.92. The minimum Gasteiger partial charge on any atom is -0.394 e. The van der Waals surface area contributed by atoms with E-state index in [0.29, 0.717) is 11.1 Å². The highest BCUT2D eigenvalue weighted by atomic mass is 35.5. The molecule has 1 saturated heterocycles. The third-order valence-electron chi connectivity index (χ3n) is 8.11. The Labute approximate surface area is 273 Å². The fraction of sp³-hybridized carbons (Fsp3) is 0.281. The Balaban J connectivity index is 1.52. The van der Waals surface area contributed by atoms with Crippen molar-refractivity contribution in [2.24, 2.45) is 0 Å². The van der Waals surface area contributed by atoms with Gasteiger partial charge in [-0.3, -0.25) is 4.68 Å². The van der Waals surface area contributed by atoms with E-state index in [1.165, 1.54) is 13.1 Å². The first-order chi connectivity index (χ1) is 22.7. The minimum atomic E-state index is -4.84. The maximum Gasteiger partial charge on any atom is 0.418 e. The highest BCUT2D eigenvalue weighted by Crippen LogP contribution is 2.42. The van der Waals surface area contributed by atoms with Gasteiger partial charge in [0.25, 0.3) is 0 Å². The van der Waals surface area contributed by atoms with Crippen molar-refractivity contribution in [2.45, 2.75) is 50.5 Å². The molecule has 6 rings (SSSR count). The molecule has 5 aromatic rings. The maximum absolute atomic E-state index is 14.4. The summed E-state index contributed by atoms with van der Waals surface area (Å²) in [6, 6.07) is 9.76. The molecule has 48 heavy (non-hydrogen) atoms. The van der Waals surface area contributed by atoms with Gasteiger partial charge in [0.1, 0.15) is 42.0 Å². The van der Waals surface area contributed by atoms with Crippen LogP contribution in [0.1, 0.15) is 34.9 Å². The Bertz CT molecular complexity index is 1980. The van der Waals surface area contributed by atoms with Crippen molar-refractivity contribution in [1.82, 2.24) is 24.5 Å². The second-order valence-electron chi connectivity index (χ2n) is 11.3. The number of aromatic nitrogens is 5. The largest absolute Gasteiger partial charge is 0.418 e. The van der Waals surface area contributed by atoms with E-state index in [-0.39, 0.29) is 33.5 Å². The maximum atomic E-state index is 14.4. The molecule has 1 aliphatic heterocycles. The fourth-order valence-corrected chi connectivity index (χ4v) is 6.01. The van der Waals surface area contributed by atoms with Crippen molar-refractivity contribution in [3.63, 3.8) is 0 Å². The summed E-state index contributed by atoms with van der Waals surface area (Å²) in [6.07, 6.45) is -10.1. The average Bonchev–Trinajstić information content (AvgIpc) is 3.63. The number of aliphatic hydroxyl groups is 3. The van der Waals surface area contributed by atoms with Crippen molar-refractivity contribution in [3.05, 3.63) is 106 Å². The molecule has 2 unspecified atom stereocenters. The number of halogens is 7. The molecule has 0 saturated carbocycles. The molecule has 0 spiro atoms. The summed E-state index contributed by atoms with van der Waals surface area (Å²) in [5.41, 5.74) is -0.314. The van der Waals surface area contributed by atoms with Crippen molar-refractivity contribution in [3.8, 4) is 28.1 Å². The lowest BCUT2D eigenvalue weighted by atomic mass is 9.92. The van der Waals surface area contributed by atoms with Crippen LogP contribution in [-0.2, 0) is 10.9 Å². The summed E-state index contributed by atoms with van der Waals surface area (Å²) in [4.78, 5) is 4.24. The Morgan fingerprint density at radius 3 is 2.25 bits per heavy atom. The van der Waals surface area contributed by atoms with E-state index in [1.807, 2.05) is 0 Å². The number of nitrogens with zero attached hydrogens (tertiary/aromatic N) is 5. The van der Waals surface area contributed by atoms with Crippen LogP contribution in [0, 0.1) is 31.3 Å². The lowest BCUT2D eigenvalue weighted by Gasteiger charge is -2.42. The van der Waals surface area contributed by atoms with Crippen LogP contribution in [-0.4, -0.2) is 64.8 Å². The molecule has 0 aliphatic carbocycles. The summed E-state index contributed by atoms with van der Waals surface area (Å²) >= 11 is 6.06. The molecule has 3 aromatic carbocycles. The number of aliphatic hydroxyl groups excluding tert-OH is 3. The van der Waals surface area contributed by atoms with Crippen LogP contribution in [0.2, 0.25) is 5.02 Å². The molecular formula is C32H26ClF6N5O4. The average molecular weight is 694 g/mol. The summed E-state index contributed by atoms with van der Waals surface area (Å²) in [7, 11) is 0. The van der Waals surface area contributed by atoms with E-state index in [9.17, 15) is 41.7 Å². The van der Waals surface area contributed by atoms with Gasteiger partial charge in [-0.1, -0.05) is 35.9 Å². The van der Waals surface area contributed by atoms with E-state index < -0.39 is 71.9 Å². The highest BCUT2D eigenvalue weighted by Gasteiger charge is 2.49. The van der Waals surface area contributed by atoms with Crippen molar-refractivity contribution in [2.75, 3.05) is 6.61 Å². The molecule has 0 amide bonds. The zero-order valence-electron chi connectivity index (χ0n) is 25.0. The summed E-state index contributed by atoms with van der Waals surface area (Å²) in [6.45, 7) is 2.35. The van der Waals surface area contributed by atoms with Gasteiger partial charge in [-0.2, -0.15) is 23.4 Å². The Morgan fingerprint density at radius 2 is 1.60 bits per heavy atom. The van der Waals surface area contributed by atoms with E-state index in [1.54, 1.807) is 31.2 Å².